The van der Waals surface area contributed by atoms with Gasteiger partial charge in [-0.15, -0.1) is 5.16 Å². The molecule has 0 radical (unpaired) electrons. The maximum Gasteiger partial charge on any atom is 0.222 e. The number of nitrogens with zero attached hydrogens (tertiary/aromatic N) is 2. The molecule has 4 rings (SSSR count). The number of rotatable bonds is 1. The van der Waals surface area contributed by atoms with Crippen molar-refractivity contribution in [2.75, 3.05) is 7.05 Å². The summed E-state index contributed by atoms with van der Waals surface area (Å²) in [6.45, 7) is 4.92. The lowest BCUT2D eigenvalue weighted by molar-refractivity contribution is -0.157. The number of hydrogen-bond acceptors (Lipinski definition) is 3. The quantitative estimate of drug-likeness (QED) is 0.449. The van der Waals surface area contributed by atoms with E-state index in [1.807, 2.05) is 7.05 Å². The molecule has 1 amide bonds. The van der Waals surface area contributed by atoms with E-state index in [2.05, 4.69) is 23.9 Å². The molecule has 0 spiro atoms. The van der Waals surface area contributed by atoms with Crippen molar-refractivity contribution in [3.63, 3.8) is 0 Å². The third kappa shape index (κ3) is 2.04. The van der Waals surface area contributed by atoms with Crippen molar-refractivity contribution in [3.8, 4) is 0 Å². The highest BCUT2D eigenvalue weighted by Gasteiger charge is 2.60. The van der Waals surface area contributed by atoms with Crippen molar-refractivity contribution < 1.29 is 10.0 Å². The van der Waals surface area contributed by atoms with E-state index in [1.54, 1.807) is 6.21 Å². The minimum atomic E-state index is 0.302. The van der Waals surface area contributed by atoms with Crippen LogP contribution in [0.2, 0.25) is 0 Å². The lowest BCUT2D eigenvalue weighted by atomic mass is 9.47. The third-order valence-corrected chi connectivity index (χ3v) is 8.88. The van der Waals surface area contributed by atoms with E-state index >= 15 is 0 Å². The summed E-state index contributed by atoms with van der Waals surface area (Å²) in [6, 6.07) is 0.445. The zero-order chi connectivity index (χ0) is 17.1. The zero-order valence-corrected chi connectivity index (χ0v) is 15.4. The van der Waals surface area contributed by atoms with E-state index in [9.17, 15) is 4.79 Å². The molecule has 24 heavy (non-hydrogen) atoms. The highest BCUT2D eigenvalue weighted by Crippen LogP contribution is 2.65. The fraction of sp³-hybridized carbons (Fsp3) is 0.900. The Morgan fingerprint density at radius 3 is 2.58 bits per heavy atom. The summed E-state index contributed by atoms with van der Waals surface area (Å²) in [5, 5.41) is 12.4. The average Bonchev–Trinajstić information content (AvgIpc) is 2.89. The molecular formula is C20H32N2O2. The van der Waals surface area contributed by atoms with Gasteiger partial charge in [-0.3, -0.25) is 4.79 Å². The number of amides is 1. The van der Waals surface area contributed by atoms with Gasteiger partial charge < -0.3 is 10.1 Å². The van der Waals surface area contributed by atoms with E-state index < -0.39 is 0 Å². The van der Waals surface area contributed by atoms with Crippen molar-refractivity contribution in [3.05, 3.63) is 0 Å². The molecule has 1 heterocycles. The van der Waals surface area contributed by atoms with Gasteiger partial charge in [-0.25, -0.2) is 0 Å². The normalized spacial score (nSPS) is 51.4. The molecule has 0 aromatic heterocycles. The third-order valence-electron chi connectivity index (χ3n) is 8.88. The first-order valence-electron chi connectivity index (χ1n) is 9.85. The number of fused-ring (bicyclic) bond motifs is 5. The molecule has 7 atom stereocenters. The molecule has 0 bridgehead atoms. The number of oxime groups is 1. The summed E-state index contributed by atoms with van der Waals surface area (Å²) in [6.07, 6.45) is 11.0. The fourth-order valence-electron chi connectivity index (χ4n) is 7.52. The minimum Gasteiger partial charge on any atom is -0.411 e. The standard InChI is InChI=1S/C20H32N2O2/c1-19-10-8-16-14(15(19)6-4-13(19)12-21-24)5-7-17-20(16,2)11-9-18(23)22(17)3/h12-17,24H,4-11H2,1-3H3/b21-12-/t13?,14?,15?,16?,17-,19?,20?/m1/s1. The average molecular weight is 332 g/mol. The molecule has 4 fully saturated rings. The lowest BCUT2D eigenvalue weighted by Gasteiger charge is -2.61. The van der Waals surface area contributed by atoms with Gasteiger partial charge in [0.15, 0.2) is 0 Å². The van der Waals surface area contributed by atoms with E-state index in [1.165, 1.54) is 38.5 Å². The Hall–Kier alpha value is -1.06. The second-order valence-electron chi connectivity index (χ2n) is 9.47. The Bertz CT molecular complexity index is 562. The second-order valence-corrected chi connectivity index (χ2v) is 9.47. The van der Waals surface area contributed by atoms with Gasteiger partial charge in [-0.05, 0) is 73.5 Å². The molecule has 3 saturated carbocycles. The fourth-order valence-corrected chi connectivity index (χ4v) is 7.52. The summed E-state index contributed by atoms with van der Waals surface area (Å²) < 4.78 is 0. The van der Waals surface area contributed by atoms with E-state index in [0.717, 1.165) is 30.6 Å². The van der Waals surface area contributed by atoms with Gasteiger partial charge >= 0.3 is 0 Å². The molecule has 6 unspecified atom stereocenters. The molecule has 134 valence electrons. The lowest BCUT2D eigenvalue weighted by Crippen LogP contribution is -2.61. The summed E-state index contributed by atoms with van der Waals surface area (Å²) in [5.41, 5.74) is 0.614. The van der Waals surface area contributed by atoms with Crippen LogP contribution in [0.25, 0.3) is 0 Å². The topological polar surface area (TPSA) is 52.9 Å². The zero-order valence-electron chi connectivity index (χ0n) is 15.4. The first-order valence-corrected chi connectivity index (χ1v) is 9.85. The van der Waals surface area contributed by atoms with Gasteiger partial charge in [0.25, 0.3) is 0 Å². The molecule has 3 aliphatic carbocycles. The molecule has 1 aliphatic heterocycles. The van der Waals surface area contributed by atoms with Crippen LogP contribution in [0.4, 0.5) is 0 Å². The van der Waals surface area contributed by atoms with Crippen molar-refractivity contribution in [2.24, 2.45) is 39.7 Å². The van der Waals surface area contributed by atoms with Gasteiger partial charge in [0.1, 0.15) is 0 Å². The van der Waals surface area contributed by atoms with Crippen molar-refractivity contribution >= 4 is 12.1 Å². The summed E-state index contributed by atoms with van der Waals surface area (Å²) in [5.74, 6) is 3.10. The molecule has 0 aromatic rings. The molecule has 4 aliphatic rings. The first kappa shape index (κ1) is 16.4. The predicted octanol–water partition coefficient (Wildman–Crippen LogP) is 3.93. The number of likely N-dealkylation sites (tertiary alicyclic amines) is 1. The van der Waals surface area contributed by atoms with E-state index in [-0.39, 0.29) is 0 Å². The Balaban J connectivity index is 1.63. The summed E-state index contributed by atoms with van der Waals surface area (Å²) >= 11 is 0. The van der Waals surface area contributed by atoms with Crippen molar-refractivity contribution in [1.82, 2.24) is 4.90 Å². The Labute approximate surface area is 145 Å². The van der Waals surface area contributed by atoms with Gasteiger partial charge in [-0.1, -0.05) is 13.8 Å². The van der Waals surface area contributed by atoms with Gasteiger partial charge in [0, 0.05) is 31.6 Å². The van der Waals surface area contributed by atoms with Gasteiger partial charge in [0.2, 0.25) is 5.91 Å². The molecule has 4 nitrogen and oxygen atoms in total. The molecule has 1 saturated heterocycles. The molecule has 4 heteroatoms. The smallest absolute Gasteiger partial charge is 0.222 e. The minimum absolute atomic E-state index is 0.302. The summed E-state index contributed by atoms with van der Waals surface area (Å²) in [4.78, 5) is 14.3. The monoisotopic (exact) mass is 332 g/mol. The van der Waals surface area contributed by atoms with Crippen molar-refractivity contribution in [2.45, 2.75) is 71.3 Å². The van der Waals surface area contributed by atoms with Crippen LogP contribution >= 0.6 is 0 Å². The number of carbonyl (C=O) groups excluding carboxylic acids is 1. The van der Waals surface area contributed by atoms with E-state index in [0.29, 0.717) is 28.7 Å². The van der Waals surface area contributed by atoms with Crippen LogP contribution in [0, 0.1) is 34.5 Å². The van der Waals surface area contributed by atoms with E-state index in [4.69, 9.17) is 5.21 Å². The first-order chi connectivity index (χ1) is 11.4. The highest BCUT2D eigenvalue weighted by molar-refractivity contribution is 5.77. The van der Waals surface area contributed by atoms with Gasteiger partial charge in [0.05, 0.1) is 0 Å². The van der Waals surface area contributed by atoms with Crippen molar-refractivity contribution in [1.29, 1.82) is 0 Å². The highest BCUT2D eigenvalue weighted by atomic mass is 16.4. The maximum absolute atomic E-state index is 12.2. The van der Waals surface area contributed by atoms with Crippen LogP contribution in [0.1, 0.15) is 65.2 Å². The van der Waals surface area contributed by atoms with Gasteiger partial charge in [-0.2, -0.15) is 0 Å². The number of hydrogen-bond donors (Lipinski definition) is 1. The van der Waals surface area contributed by atoms with Crippen LogP contribution in [0.15, 0.2) is 5.16 Å². The largest absolute Gasteiger partial charge is 0.411 e. The second kappa shape index (κ2) is 5.47. The number of carbonyl (C=O) groups is 1. The Morgan fingerprint density at radius 1 is 1.08 bits per heavy atom. The Kier molecular flexibility index (Phi) is 3.74. The summed E-state index contributed by atoms with van der Waals surface area (Å²) in [7, 11) is 2.03. The van der Waals surface area contributed by atoms with Crippen LogP contribution in [-0.4, -0.2) is 35.3 Å². The van der Waals surface area contributed by atoms with Crippen LogP contribution < -0.4 is 0 Å². The maximum atomic E-state index is 12.2. The van der Waals surface area contributed by atoms with Crippen LogP contribution in [-0.2, 0) is 4.79 Å². The Morgan fingerprint density at radius 2 is 1.83 bits per heavy atom. The van der Waals surface area contributed by atoms with Crippen LogP contribution in [0.5, 0.6) is 0 Å². The molecular weight excluding hydrogens is 300 g/mol. The molecule has 0 aromatic carbocycles. The number of piperidine rings is 1. The predicted molar refractivity (Wildman–Crippen MR) is 93.9 cm³/mol. The van der Waals surface area contributed by atoms with Crippen LogP contribution in [0.3, 0.4) is 0 Å². The SMILES string of the molecule is CN1C(=O)CCC2(C)C3CCC4(C)C(/C=N\O)CCC4C3CC[C@@H]12. The molecule has 1 N–H and O–H groups in total.